The van der Waals surface area contributed by atoms with E-state index in [1.165, 1.54) is 5.56 Å². The molecule has 0 fully saturated rings. The van der Waals surface area contributed by atoms with Crippen LogP contribution in [0.25, 0.3) is 0 Å². The first-order valence-corrected chi connectivity index (χ1v) is 6.75. The Labute approximate surface area is 116 Å². The van der Waals surface area contributed by atoms with Crippen LogP contribution < -0.4 is 0 Å². The molecule has 0 saturated heterocycles. The topological polar surface area (TPSA) is 39.2 Å². The second-order valence-electron chi connectivity index (χ2n) is 6.84. The maximum Gasteiger partial charge on any atom is 0.356 e. The van der Waals surface area contributed by atoms with Crippen LogP contribution in [0.5, 0.6) is 0 Å². The Hall–Kier alpha value is -1.38. The van der Waals surface area contributed by atoms with Gasteiger partial charge in [0.1, 0.15) is 5.69 Å². The zero-order valence-corrected chi connectivity index (χ0v) is 13.1. The minimum absolute atomic E-state index is 0.00278. The number of aromatic nitrogens is 1. The Morgan fingerprint density at radius 2 is 1.63 bits per heavy atom. The largest absolute Gasteiger partial charge is 0.461 e. The fourth-order valence-electron chi connectivity index (χ4n) is 1.99. The van der Waals surface area contributed by atoms with E-state index in [1.54, 1.807) is 6.92 Å². The maximum atomic E-state index is 11.8. The Kier molecular flexibility index (Phi) is 4.39. The predicted octanol–water partition coefficient (Wildman–Crippen LogP) is 3.85. The van der Waals surface area contributed by atoms with Gasteiger partial charge in [0.15, 0.2) is 0 Å². The molecule has 0 aliphatic heterocycles. The fraction of sp³-hybridized carbons (Fsp3) is 0.625. The molecular weight excluding hydrogens is 238 g/mol. The van der Waals surface area contributed by atoms with Crippen LogP contribution in [0.1, 0.15) is 70.1 Å². The van der Waals surface area contributed by atoms with E-state index in [-0.39, 0.29) is 16.8 Å². The number of carbonyl (C=O) groups excluding carboxylic acids is 1. The summed E-state index contributed by atoms with van der Waals surface area (Å²) in [5.74, 6) is -0.353. The summed E-state index contributed by atoms with van der Waals surface area (Å²) >= 11 is 0. The third-order valence-corrected chi connectivity index (χ3v) is 3.00. The van der Waals surface area contributed by atoms with Crippen LogP contribution in [-0.4, -0.2) is 17.6 Å². The molecule has 3 heteroatoms. The predicted molar refractivity (Wildman–Crippen MR) is 77.6 cm³/mol. The van der Waals surface area contributed by atoms with Crippen molar-refractivity contribution in [2.45, 2.75) is 59.3 Å². The summed E-state index contributed by atoms with van der Waals surface area (Å²) in [6.45, 7) is 15.1. The van der Waals surface area contributed by atoms with Crippen molar-refractivity contribution in [2.24, 2.45) is 0 Å². The molecule has 0 atom stereocenters. The summed E-state index contributed by atoms with van der Waals surface area (Å²) in [4.78, 5) is 16.1. The Morgan fingerprint density at radius 1 is 1.11 bits per heavy atom. The first kappa shape index (κ1) is 15.7. The average molecular weight is 263 g/mol. The molecule has 106 valence electrons. The van der Waals surface area contributed by atoms with Crippen LogP contribution in [0.2, 0.25) is 0 Å². The molecule has 0 spiro atoms. The minimum Gasteiger partial charge on any atom is -0.461 e. The highest BCUT2D eigenvalue weighted by molar-refractivity contribution is 5.87. The molecule has 1 aromatic heterocycles. The summed E-state index contributed by atoms with van der Waals surface area (Å²) in [5, 5.41) is 0. The van der Waals surface area contributed by atoms with Crippen molar-refractivity contribution >= 4 is 5.97 Å². The molecular formula is C16H25NO2. The summed E-state index contributed by atoms with van der Waals surface area (Å²) in [6.07, 6.45) is 1.81. The molecule has 19 heavy (non-hydrogen) atoms. The van der Waals surface area contributed by atoms with Gasteiger partial charge in [-0.1, -0.05) is 41.5 Å². The summed E-state index contributed by atoms with van der Waals surface area (Å²) in [5.41, 5.74) is 2.68. The molecule has 0 radical (unpaired) electrons. The van der Waals surface area contributed by atoms with Crippen molar-refractivity contribution < 1.29 is 9.53 Å². The van der Waals surface area contributed by atoms with E-state index >= 15 is 0 Å². The standard InChI is InChI=1S/C16H25NO2/c1-8-19-14(18)13-9-11(15(2,3)4)12(10-17-13)16(5,6)7/h9-10H,8H2,1-7H3. The first-order valence-electron chi connectivity index (χ1n) is 6.75. The third-order valence-electron chi connectivity index (χ3n) is 3.00. The van der Waals surface area contributed by atoms with Crippen LogP contribution >= 0.6 is 0 Å². The van der Waals surface area contributed by atoms with Gasteiger partial charge < -0.3 is 4.74 Å². The molecule has 0 aliphatic carbocycles. The minimum atomic E-state index is -0.353. The molecule has 3 nitrogen and oxygen atoms in total. The molecule has 1 heterocycles. The van der Waals surface area contributed by atoms with Crippen LogP contribution in [0, 0.1) is 0 Å². The van der Waals surface area contributed by atoms with Crippen LogP contribution in [0.4, 0.5) is 0 Å². The number of carbonyl (C=O) groups is 1. The summed E-state index contributed by atoms with van der Waals surface area (Å²) in [7, 11) is 0. The van der Waals surface area contributed by atoms with Gasteiger partial charge in [-0.3, -0.25) is 0 Å². The highest BCUT2D eigenvalue weighted by Gasteiger charge is 2.27. The fourth-order valence-corrected chi connectivity index (χ4v) is 1.99. The molecule has 0 aliphatic rings. The van der Waals surface area contributed by atoms with E-state index in [0.717, 1.165) is 5.56 Å². The first-order chi connectivity index (χ1) is 8.57. The van der Waals surface area contributed by atoms with Gasteiger partial charge >= 0.3 is 5.97 Å². The molecule has 0 aromatic carbocycles. The van der Waals surface area contributed by atoms with Gasteiger partial charge in [0.25, 0.3) is 0 Å². The van der Waals surface area contributed by atoms with Gasteiger partial charge in [0, 0.05) is 6.20 Å². The molecule has 1 rings (SSSR count). The van der Waals surface area contributed by atoms with Gasteiger partial charge in [0.2, 0.25) is 0 Å². The molecule has 1 aromatic rings. The molecule has 0 amide bonds. The lowest BCUT2D eigenvalue weighted by Crippen LogP contribution is -2.23. The molecule has 0 saturated carbocycles. The van der Waals surface area contributed by atoms with Crippen molar-refractivity contribution in [1.82, 2.24) is 4.98 Å². The second kappa shape index (κ2) is 5.32. The van der Waals surface area contributed by atoms with E-state index in [2.05, 4.69) is 46.5 Å². The number of ether oxygens (including phenoxy) is 1. The molecule has 0 N–H and O–H groups in total. The third kappa shape index (κ3) is 3.79. The number of esters is 1. The van der Waals surface area contributed by atoms with Gasteiger partial charge in [0.05, 0.1) is 6.61 Å². The maximum absolute atomic E-state index is 11.8. The number of rotatable bonds is 2. The second-order valence-corrected chi connectivity index (χ2v) is 6.84. The van der Waals surface area contributed by atoms with Gasteiger partial charge in [-0.25, -0.2) is 9.78 Å². The van der Waals surface area contributed by atoms with Crippen LogP contribution in [0.3, 0.4) is 0 Å². The van der Waals surface area contributed by atoms with E-state index in [4.69, 9.17) is 4.74 Å². The van der Waals surface area contributed by atoms with Crippen molar-refractivity contribution in [3.05, 3.63) is 29.1 Å². The van der Waals surface area contributed by atoms with Crippen LogP contribution in [0.15, 0.2) is 12.3 Å². The van der Waals surface area contributed by atoms with Crippen molar-refractivity contribution in [3.8, 4) is 0 Å². The highest BCUT2D eigenvalue weighted by Crippen LogP contribution is 2.33. The van der Waals surface area contributed by atoms with Gasteiger partial charge in [-0.05, 0) is 34.9 Å². The molecule has 0 unspecified atom stereocenters. The van der Waals surface area contributed by atoms with Crippen molar-refractivity contribution in [1.29, 1.82) is 0 Å². The van der Waals surface area contributed by atoms with Crippen LogP contribution in [-0.2, 0) is 15.6 Å². The normalized spacial score (nSPS) is 12.4. The quantitative estimate of drug-likeness (QED) is 0.761. The lowest BCUT2D eigenvalue weighted by Gasteiger charge is -2.29. The molecule has 0 bridgehead atoms. The van der Waals surface area contributed by atoms with Crippen molar-refractivity contribution in [2.75, 3.05) is 6.61 Å². The lowest BCUT2D eigenvalue weighted by atomic mass is 9.76. The number of nitrogens with zero attached hydrogens (tertiary/aromatic N) is 1. The number of pyridine rings is 1. The van der Waals surface area contributed by atoms with E-state index in [1.807, 2.05) is 12.3 Å². The van der Waals surface area contributed by atoms with E-state index in [0.29, 0.717) is 12.3 Å². The Balaban J connectivity index is 3.36. The number of hydrogen-bond donors (Lipinski definition) is 0. The monoisotopic (exact) mass is 263 g/mol. The number of hydrogen-bond acceptors (Lipinski definition) is 3. The average Bonchev–Trinajstić information content (AvgIpc) is 2.26. The SMILES string of the molecule is CCOC(=O)c1cc(C(C)(C)C)c(C(C)(C)C)cn1. The van der Waals surface area contributed by atoms with E-state index < -0.39 is 0 Å². The zero-order chi connectivity index (χ0) is 14.8. The highest BCUT2D eigenvalue weighted by atomic mass is 16.5. The smallest absolute Gasteiger partial charge is 0.356 e. The summed E-state index contributed by atoms with van der Waals surface area (Å²) < 4.78 is 5.02. The van der Waals surface area contributed by atoms with Gasteiger partial charge in [-0.15, -0.1) is 0 Å². The Bertz CT molecular complexity index is 465. The Morgan fingerprint density at radius 3 is 2.05 bits per heavy atom. The summed E-state index contributed by atoms with van der Waals surface area (Å²) in [6, 6.07) is 1.87. The zero-order valence-electron chi connectivity index (χ0n) is 13.1. The lowest BCUT2D eigenvalue weighted by molar-refractivity contribution is 0.0519. The van der Waals surface area contributed by atoms with E-state index in [9.17, 15) is 4.79 Å². The van der Waals surface area contributed by atoms with Crippen molar-refractivity contribution in [3.63, 3.8) is 0 Å². The van der Waals surface area contributed by atoms with Gasteiger partial charge in [-0.2, -0.15) is 0 Å².